The third-order valence-electron chi connectivity index (χ3n) is 2.47. The number of para-hydroxylation sites is 1. The van der Waals surface area contributed by atoms with Crippen molar-refractivity contribution in [3.05, 3.63) is 41.6 Å². The summed E-state index contributed by atoms with van der Waals surface area (Å²) in [6.45, 7) is 0. The van der Waals surface area contributed by atoms with Gasteiger partial charge in [-0.2, -0.15) is 5.26 Å². The number of primary amides is 1. The predicted molar refractivity (Wildman–Crippen MR) is 66.2 cm³/mol. The van der Waals surface area contributed by atoms with Crippen LogP contribution in [0, 0.1) is 11.3 Å². The number of hydrogen-bond acceptors (Lipinski definition) is 4. The molecule has 0 saturated heterocycles. The molecule has 0 aliphatic heterocycles. The number of aromatic nitrogens is 1. The van der Waals surface area contributed by atoms with Gasteiger partial charge in [0.25, 0.3) is 5.91 Å². The standard InChI is InChI=1S/C13H9N3O2/c14-6-8(13(15)18)5-10-9-3-1-2-4-11(9)16-7-12(10)17/h1-5,7,17H,(H2,15,18). The van der Waals surface area contributed by atoms with Gasteiger partial charge in [0.1, 0.15) is 17.4 Å². The van der Waals surface area contributed by atoms with E-state index >= 15 is 0 Å². The minimum absolute atomic E-state index is 0.109. The van der Waals surface area contributed by atoms with Crippen molar-refractivity contribution in [2.45, 2.75) is 0 Å². The van der Waals surface area contributed by atoms with Crippen molar-refractivity contribution in [1.82, 2.24) is 4.98 Å². The number of nitrogens with zero attached hydrogens (tertiary/aromatic N) is 2. The van der Waals surface area contributed by atoms with E-state index in [2.05, 4.69) is 4.98 Å². The maximum Gasteiger partial charge on any atom is 0.259 e. The Hall–Kier alpha value is -2.87. The van der Waals surface area contributed by atoms with Crippen LogP contribution in [-0.4, -0.2) is 16.0 Å². The van der Waals surface area contributed by atoms with Gasteiger partial charge in [0.15, 0.2) is 0 Å². The van der Waals surface area contributed by atoms with E-state index < -0.39 is 5.91 Å². The number of amides is 1. The number of benzene rings is 1. The molecule has 2 aromatic rings. The molecular weight excluding hydrogens is 230 g/mol. The molecule has 88 valence electrons. The topological polar surface area (TPSA) is 100 Å². The molecule has 0 fully saturated rings. The fraction of sp³-hybridized carbons (Fsp3) is 0. The first-order valence-electron chi connectivity index (χ1n) is 5.12. The van der Waals surface area contributed by atoms with Crippen LogP contribution in [0.2, 0.25) is 0 Å². The lowest BCUT2D eigenvalue weighted by Crippen LogP contribution is -2.12. The van der Waals surface area contributed by atoms with E-state index in [0.29, 0.717) is 16.5 Å². The highest BCUT2D eigenvalue weighted by molar-refractivity contribution is 6.03. The number of pyridine rings is 1. The van der Waals surface area contributed by atoms with Gasteiger partial charge in [0, 0.05) is 10.9 Å². The van der Waals surface area contributed by atoms with Gasteiger partial charge < -0.3 is 10.8 Å². The summed E-state index contributed by atoms with van der Waals surface area (Å²) in [6, 6.07) is 8.78. The average molecular weight is 239 g/mol. The van der Waals surface area contributed by atoms with E-state index in [1.54, 1.807) is 30.3 Å². The molecule has 1 aromatic carbocycles. The second-order valence-electron chi connectivity index (χ2n) is 3.61. The molecule has 0 radical (unpaired) electrons. The Morgan fingerprint density at radius 3 is 2.83 bits per heavy atom. The van der Waals surface area contributed by atoms with Gasteiger partial charge in [0.2, 0.25) is 0 Å². The second kappa shape index (κ2) is 4.55. The fourth-order valence-corrected chi connectivity index (χ4v) is 1.61. The summed E-state index contributed by atoms with van der Waals surface area (Å²) in [5, 5.41) is 19.2. The van der Waals surface area contributed by atoms with Crippen LogP contribution >= 0.6 is 0 Å². The molecule has 2 rings (SSSR count). The van der Waals surface area contributed by atoms with Gasteiger partial charge in [-0.1, -0.05) is 18.2 Å². The quantitative estimate of drug-likeness (QED) is 0.609. The summed E-state index contributed by atoms with van der Waals surface area (Å²) in [4.78, 5) is 15.1. The Labute approximate surface area is 103 Å². The van der Waals surface area contributed by atoms with Gasteiger partial charge in [-0.25, -0.2) is 0 Å². The van der Waals surface area contributed by atoms with Gasteiger partial charge >= 0.3 is 0 Å². The summed E-state index contributed by atoms with van der Waals surface area (Å²) in [5.74, 6) is -0.944. The molecule has 5 nitrogen and oxygen atoms in total. The van der Waals surface area contributed by atoms with Crippen molar-refractivity contribution in [2.24, 2.45) is 5.73 Å². The van der Waals surface area contributed by atoms with Crippen LogP contribution < -0.4 is 5.73 Å². The monoisotopic (exact) mass is 239 g/mol. The van der Waals surface area contributed by atoms with E-state index in [4.69, 9.17) is 11.0 Å². The molecule has 0 atom stereocenters. The summed E-state index contributed by atoms with van der Waals surface area (Å²) < 4.78 is 0. The summed E-state index contributed by atoms with van der Waals surface area (Å²) in [7, 11) is 0. The lowest BCUT2D eigenvalue weighted by molar-refractivity contribution is -0.114. The number of aromatic hydroxyl groups is 1. The molecule has 1 aromatic heterocycles. The zero-order valence-corrected chi connectivity index (χ0v) is 9.29. The van der Waals surface area contributed by atoms with E-state index in [1.165, 1.54) is 12.3 Å². The Morgan fingerprint density at radius 1 is 1.44 bits per heavy atom. The molecule has 5 heteroatoms. The van der Waals surface area contributed by atoms with Crippen molar-refractivity contribution >= 4 is 22.9 Å². The zero-order valence-electron chi connectivity index (χ0n) is 9.29. The fourth-order valence-electron chi connectivity index (χ4n) is 1.61. The third-order valence-corrected chi connectivity index (χ3v) is 2.47. The van der Waals surface area contributed by atoms with Gasteiger partial charge in [-0.3, -0.25) is 9.78 Å². The molecule has 1 heterocycles. The van der Waals surface area contributed by atoms with Crippen molar-refractivity contribution < 1.29 is 9.90 Å². The number of carbonyl (C=O) groups is 1. The normalized spacial score (nSPS) is 11.2. The van der Waals surface area contributed by atoms with Crippen molar-refractivity contribution in [3.63, 3.8) is 0 Å². The van der Waals surface area contributed by atoms with Crippen LogP contribution in [0.4, 0.5) is 0 Å². The predicted octanol–water partition coefficient (Wildman–Crippen LogP) is 1.33. The smallest absolute Gasteiger partial charge is 0.259 e. The van der Waals surface area contributed by atoms with Crippen LogP contribution in [0.15, 0.2) is 36.0 Å². The number of nitrogens with two attached hydrogens (primary N) is 1. The number of nitriles is 1. The average Bonchev–Trinajstić information content (AvgIpc) is 2.37. The molecule has 0 saturated carbocycles. The minimum atomic E-state index is -0.835. The van der Waals surface area contributed by atoms with Gasteiger partial charge in [-0.15, -0.1) is 0 Å². The third kappa shape index (κ3) is 1.99. The van der Waals surface area contributed by atoms with Crippen LogP contribution in [0.1, 0.15) is 5.56 Å². The molecule has 0 unspecified atom stereocenters. The molecular formula is C13H9N3O2. The van der Waals surface area contributed by atoms with Gasteiger partial charge in [0.05, 0.1) is 11.7 Å². The summed E-state index contributed by atoms with van der Waals surface area (Å²) >= 11 is 0. The molecule has 3 N–H and O–H groups in total. The van der Waals surface area contributed by atoms with Crippen LogP contribution in [-0.2, 0) is 4.79 Å². The van der Waals surface area contributed by atoms with Gasteiger partial charge in [-0.05, 0) is 12.1 Å². The lowest BCUT2D eigenvalue weighted by Gasteiger charge is -2.04. The molecule has 18 heavy (non-hydrogen) atoms. The Bertz CT molecular complexity index is 699. The molecule has 0 aliphatic rings. The highest BCUT2D eigenvalue weighted by Gasteiger charge is 2.09. The van der Waals surface area contributed by atoms with Crippen LogP contribution in [0.25, 0.3) is 17.0 Å². The first-order chi connectivity index (χ1) is 8.63. The molecule has 0 bridgehead atoms. The van der Waals surface area contributed by atoms with Crippen LogP contribution in [0.3, 0.4) is 0 Å². The molecule has 0 spiro atoms. The maximum atomic E-state index is 11.0. The number of hydrogen-bond donors (Lipinski definition) is 2. The zero-order chi connectivity index (χ0) is 13.1. The number of fused-ring (bicyclic) bond motifs is 1. The van der Waals surface area contributed by atoms with Crippen LogP contribution in [0.5, 0.6) is 5.75 Å². The van der Waals surface area contributed by atoms with E-state index in [-0.39, 0.29) is 11.3 Å². The summed E-state index contributed by atoms with van der Waals surface area (Å²) in [5.41, 5.74) is 5.85. The highest BCUT2D eigenvalue weighted by atomic mass is 16.3. The molecule has 1 amide bonds. The second-order valence-corrected chi connectivity index (χ2v) is 3.61. The number of rotatable bonds is 2. The summed E-state index contributed by atoms with van der Waals surface area (Å²) in [6.07, 6.45) is 2.53. The first kappa shape index (κ1) is 11.6. The van der Waals surface area contributed by atoms with Crippen molar-refractivity contribution in [2.75, 3.05) is 0 Å². The Kier molecular flexibility index (Phi) is 2.94. The Balaban J connectivity index is 2.75. The SMILES string of the molecule is N#CC(=Cc1c(O)cnc2ccccc12)C(N)=O. The minimum Gasteiger partial charge on any atom is -0.506 e. The van der Waals surface area contributed by atoms with E-state index in [1.807, 2.05) is 0 Å². The Morgan fingerprint density at radius 2 is 2.17 bits per heavy atom. The largest absolute Gasteiger partial charge is 0.506 e. The first-order valence-corrected chi connectivity index (χ1v) is 5.12. The van der Waals surface area contributed by atoms with Crippen molar-refractivity contribution in [1.29, 1.82) is 5.26 Å². The highest BCUT2D eigenvalue weighted by Crippen LogP contribution is 2.27. The maximum absolute atomic E-state index is 11.0. The lowest BCUT2D eigenvalue weighted by atomic mass is 10.1. The van der Waals surface area contributed by atoms with Crippen molar-refractivity contribution in [3.8, 4) is 11.8 Å². The molecule has 0 aliphatic carbocycles. The van der Waals surface area contributed by atoms with E-state index in [0.717, 1.165) is 0 Å². The number of carbonyl (C=O) groups excluding carboxylic acids is 1. The van der Waals surface area contributed by atoms with E-state index in [9.17, 15) is 9.90 Å².